The van der Waals surface area contributed by atoms with Gasteiger partial charge in [0.05, 0.1) is 12.4 Å². The minimum Gasteiger partial charge on any atom is -0.384 e. The Hall–Kier alpha value is 0.120. The van der Waals surface area contributed by atoms with Crippen molar-refractivity contribution in [3.05, 3.63) is 0 Å². The number of nitrogens with two attached hydrogens (primary N) is 1. The van der Waals surface area contributed by atoms with Crippen LogP contribution in [0.4, 0.5) is 0 Å². The molecule has 0 spiro atoms. The van der Waals surface area contributed by atoms with Gasteiger partial charge in [0.2, 0.25) is 10.0 Å². The molecule has 3 N–H and O–H groups in total. The fraction of sp³-hybridized carbons (Fsp3) is 1.00. The number of sulfonamides is 1. The highest BCUT2D eigenvalue weighted by Gasteiger charge is 2.42. The quantitative estimate of drug-likeness (QED) is 0.689. The largest absolute Gasteiger partial charge is 0.384 e. The van der Waals surface area contributed by atoms with Crippen molar-refractivity contribution in [2.24, 2.45) is 11.7 Å². The third kappa shape index (κ3) is 4.55. The van der Waals surface area contributed by atoms with E-state index in [2.05, 4.69) is 4.72 Å². The predicted octanol–water partition coefficient (Wildman–Crippen LogP) is 0.101. The molecule has 1 rings (SSSR count). The Morgan fingerprint density at radius 1 is 1.50 bits per heavy atom. The topological polar surface area (TPSA) is 81.4 Å². The third-order valence-electron chi connectivity index (χ3n) is 2.85. The van der Waals surface area contributed by atoms with Crippen molar-refractivity contribution < 1.29 is 13.2 Å². The molecule has 98 valence electrons. The molecule has 7 heteroatoms. The van der Waals surface area contributed by atoms with Gasteiger partial charge >= 0.3 is 0 Å². The second kappa shape index (κ2) is 6.16. The molecular formula is C9H21ClN2O3S. The van der Waals surface area contributed by atoms with Crippen LogP contribution >= 0.6 is 12.4 Å². The first-order valence-electron chi connectivity index (χ1n) is 5.14. The Morgan fingerprint density at radius 3 is 2.44 bits per heavy atom. The first-order chi connectivity index (χ1) is 6.93. The van der Waals surface area contributed by atoms with Gasteiger partial charge in [0, 0.05) is 19.2 Å². The minimum atomic E-state index is -3.27. The van der Waals surface area contributed by atoms with Crippen LogP contribution in [0.25, 0.3) is 0 Å². The maximum Gasteiger partial charge on any atom is 0.214 e. The summed E-state index contributed by atoms with van der Waals surface area (Å²) in [6, 6.07) is 0. The van der Waals surface area contributed by atoms with Crippen LogP contribution in [0.15, 0.2) is 0 Å². The summed E-state index contributed by atoms with van der Waals surface area (Å²) in [5.41, 5.74) is 5.15. The van der Waals surface area contributed by atoms with Crippen molar-refractivity contribution in [1.82, 2.24) is 4.72 Å². The summed E-state index contributed by atoms with van der Waals surface area (Å²) >= 11 is 0. The van der Waals surface area contributed by atoms with E-state index >= 15 is 0 Å². The zero-order valence-corrected chi connectivity index (χ0v) is 11.4. The molecule has 0 heterocycles. The average molecular weight is 273 g/mol. The van der Waals surface area contributed by atoms with Crippen molar-refractivity contribution in [2.45, 2.75) is 25.3 Å². The second-order valence-corrected chi connectivity index (χ2v) is 6.15. The Morgan fingerprint density at radius 2 is 2.06 bits per heavy atom. The molecule has 0 saturated heterocycles. The number of nitrogens with one attached hydrogen (secondary N) is 1. The first-order valence-corrected chi connectivity index (χ1v) is 6.79. The van der Waals surface area contributed by atoms with Gasteiger partial charge in [0.15, 0.2) is 0 Å². The van der Waals surface area contributed by atoms with E-state index in [9.17, 15) is 8.42 Å². The van der Waals surface area contributed by atoms with Gasteiger partial charge in [-0.2, -0.15) is 0 Å². The Balaban J connectivity index is 0.00000225. The van der Waals surface area contributed by atoms with Crippen LogP contribution in [-0.4, -0.2) is 40.0 Å². The van der Waals surface area contributed by atoms with E-state index in [1.807, 2.05) is 6.92 Å². The Bertz CT molecular complexity index is 306. The normalized spacial score (nSPS) is 19.9. The van der Waals surface area contributed by atoms with Crippen LogP contribution in [0.1, 0.15) is 19.8 Å². The molecule has 1 aliphatic carbocycles. The van der Waals surface area contributed by atoms with Crippen LogP contribution < -0.4 is 10.5 Å². The molecule has 0 aliphatic heterocycles. The van der Waals surface area contributed by atoms with Gasteiger partial charge in [-0.3, -0.25) is 0 Å². The molecule has 0 aromatic heterocycles. The lowest BCUT2D eigenvalue weighted by Gasteiger charge is -2.28. The summed E-state index contributed by atoms with van der Waals surface area (Å²) in [5, 5.41) is 0. The van der Waals surface area contributed by atoms with Gasteiger partial charge in [0.25, 0.3) is 0 Å². The third-order valence-corrected chi connectivity index (χ3v) is 4.33. The summed E-state index contributed by atoms with van der Waals surface area (Å²) in [6.45, 7) is 2.42. The van der Waals surface area contributed by atoms with E-state index in [1.54, 1.807) is 0 Å². The molecule has 1 unspecified atom stereocenters. The van der Waals surface area contributed by atoms with Gasteiger partial charge in [-0.15, -0.1) is 12.4 Å². The smallest absolute Gasteiger partial charge is 0.214 e. The number of rotatable bonds is 7. The van der Waals surface area contributed by atoms with Crippen LogP contribution in [0, 0.1) is 5.92 Å². The predicted molar refractivity (Wildman–Crippen MR) is 66.2 cm³/mol. The van der Waals surface area contributed by atoms with Crippen molar-refractivity contribution in [1.29, 1.82) is 0 Å². The summed E-state index contributed by atoms with van der Waals surface area (Å²) < 4.78 is 30.7. The fourth-order valence-corrected chi connectivity index (χ4v) is 3.06. The zero-order chi connectivity index (χ0) is 11.5. The highest BCUT2D eigenvalue weighted by Crippen LogP contribution is 2.39. The van der Waals surface area contributed by atoms with Gasteiger partial charge in [-0.05, 0) is 25.7 Å². The second-order valence-electron chi connectivity index (χ2n) is 4.31. The molecule has 1 aliphatic rings. The number of methoxy groups -OCH3 is 1. The molecule has 0 bridgehead atoms. The maximum atomic E-state index is 11.6. The number of hydrogen-bond acceptors (Lipinski definition) is 4. The van der Waals surface area contributed by atoms with Crippen LogP contribution in [0.3, 0.4) is 0 Å². The summed E-state index contributed by atoms with van der Waals surface area (Å²) in [5.74, 6) is 0.381. The van der Waals surface area contributed by atoms with Crippen molar-refractivity contribution >= 4 is 22.4 Å². The molecule has 16 heavy (non-hydrogen) atoms. The Kier molecular flexibility index (Phi) is 6.21. The highest BCUT2D eigenvalue weighted by molar-refractivity contribution is 7.89. The van der Waals surface area contributed by atoms with Gasteiger partial charge < -0.3 is 10.5 Å². The average Bonchev–Trinajstić information content (AvgIpc) is 2.97. The van der Waals surface area contributed by atoms with Crippen molar-refractivity contribution in [3.8, 4) is 0 Å². The molecule has 0 radical (unpaired) electrons. The van der Waals surface area contributed by atoms with Gasteiger partial charge in [-0.25, -0.2) is 13.1 Å². The van der Waals surface area contributed by atoms with Gasteiger partial charge in [-0.1, -0.05) is 0 Å². The first kappa shape index (κ1) is 16.1. The molecular weight excluding hydrogens is 252 g/mol. The lowest BCUT2D eigenvalue weighted by Crippen LogP contribution is -2.53. The SMILES string of the molecule is COCCS(=O)(=O)NC(C)(CN)C1CC1.Cl. The minimum absolute atomic E-state index is 0. The monoisotopic (exact) mass is 272 g/mol. The molecule has 1 saturated carbocycles. The standard InChI is InChI=1S/C9H20N2O3S.ClH/c1-9(7-10,8-3-4-8)11-15(12,13)6-5-14-2;/h8,11H,3-7,10H2,1-2H3;1H. The molecule has 0 amide bonds. The van der Waals surface area contributed by atoms with E-state index in [0.717, 1.165) is 12.8 Å². The van der Waals surface area contributed by atoms with E-state index in [0.29, 0.717) is 12.5 Å². The number of ether oxygens (including phenoxy) is 1. The summed E-state index contributed by atoms with van der Waals surface area (Å²) in [4.78, 5) is 0. The summed E-state index contributed by atoms with van der Waals surface area (Å²) in [6.07, 6.45) is 2.11. The van der Waals surface area contributed by atoms with E-state index < -0.39 is 15.6 Å². The van der Waals surface area contributed by atoms with Crippen LogP contribution in [0.2, 0.25) is 0 Å². The van der Waals surface area contributed by atoms with E-state index in [1.165, 1.54) is 7.11 Å². The van der Waals surface area contributed by atoms with Crippen LogP contribution in [0.5, 0.6) is 0 Å². The highest BCUT2D eigenvalue weighted by atomic mass is 35.5. The lowest BCUT2D eigenvalue weighted by molar-refractivity contribution is 0.216. The molecule has 5 nitrogen and oxygen atoms in total. The van der Waals surface area contributed by atoms with Crippen molar-refractivity contribution in [3.63, 3.8) is 0 Å². The number of halogens is 1. The fourth-order valence-electron chi connectivity index (χ4n) is 1.61. The van der Waals surface area contributed by atoms with Crippen LogP contribution in [-0.2, 0) is 14.8 Å². The molecule has 1 atom stereocenters. The number of hydrogen-bond donors (Lipinski definition) is 2. The molecule has 0 aromatic rings. The van der Waals surface area contributed by atoms with Gasteiger partial charge in [0.1, 0.15) is 0 Å². The molecule has 0 aromatic carbocycles. The maximum absolute atomic E-state index is 11.6. The van der Waals surface area contributed by atoms with E-state index in [4.69, 9.17) is 10.5 Å². The lowest BCUT2D eigenvalue weighted by atomic mass is 9.98. The zero-order valence-electron chi connectivity index (χ0n) is 9.73. The Labute approximate surface area is 104 Å². The van der Waals surface area contributed by atoms with Crippen molar-refractivity contribution in [2.75, 3.05) is 26.0 Å². The molecule has 1 fully saturated rings. The summed E-state index contributed by atoms with van der Waals surface area (Å²) in [7, 11) is -1.79. The van der Waals surface area contributed by atoms with E-state index in [-0.39, 0.29) is 24.8 Å².